The molecule has 2 aliphatic rings. The number of carbonyl (C=O) groups excluding carboxylic acids is 1. The Hall–Kier alpha value is -5.44. The third-order valence-electron chi connectivity index (χ3n) is 13.0. The summed E-state index contributed by atoms with van der Waals surface area (Å²) in [6.45, 7) is 19.8. The van der Waals surface area contributed by atoms with Crippen molar-refractivity contribution in [3.05, 3.63) is 84.0 Å². The summed E-state index contributed by atoms with van der Waals surface area (Å²) in [5.41, 5.74) is 2.71. The third-order valence-corrected chi connectivity index (χ3v) is 16.1. The number of carboxylic acids is 1. The summed E-state index contributed by atoms with van der Waals surface area (Å²) in [5, 5.41) is 19.4. The Balaban J connectivity index is 0.000000197. The Morgan fingerprint density at radius 1 is 0.682 bits per heavy atom. The van der Waals surface area contributed by atoms with E-state index in [0.29, 0.717) is 33.5 Å². The van der Waals surface area contributed by atoms with Gasteiger partial charge in [0.05, 0.1) is 67.8 Å². The number of fused-ring (bicyclic) bond motifs is 2. The lowest BCUT2D eigenvalue weighted by Crippen LogP contribution is -2.26. The molecule has 2 N–H and O–H groups in total. The van der Waals surface area contributed by atoms with Gasteiger partial charge in [0, 0.05) is 56.9 Å². The number of carboxylic acid groups (broad SMARTS) is 1. The minimum absolute atomic E-state index is 0.0154. The molecule has 1 amide bonds. The average Bonchev–Trinajstić information content (AvgIpc) is 4.14. The summed E-state index contributed by atoms with van der Waals surface area (Å²) >= 11 is 0. The number of hydrogen-bond acceptors (Lipinski definition) is 12. The largest absolute Gasteiger partial charge is 0.478 e. The monoisotopic (exact) mass is 947 g/mol. The molecule has 8 rings (SSSR count). The van der Waals surface area contributed by atoms with E-state index in [0.717, 1.165) is 117 Å². The van der Waals surface area contributed by atoms with Gasteiger partial charge in [-0.3, -0.25) is 4.79 Å². The second-order valence-corrected chi connectivity index (χ2v) is 21.9. The van der Waals surface area contributed by atoms with Crippen LogP contribution < -0.4 is 5.32 Å². The van der Waals surface area contributed by atoms with Crippen molar-refractivity contribution < 1.29 is 41.0 Å². The lowest BCUT2D eigenvalue weighted by Gasteiger charge is -2.28. The molecule has 356 valence electrons. The van der Waals surface area contributed by atoms with Crippen LogP contribution in [-0.2, 0) is 53.4 Å². The van der Waals surface area contributed by atoms with E-state index in [1.165, 1.54) is 18.5 Å². The Morgan fingerprint density at radius 3 is 1.47 bits per heavy atom. The first-order chi connectivity index (χ1) is 31.3. The molecule has 0 atom stereocenters. The molecule has 2 aromatic carbocycles. The maximum absolute atomic E-state index is 13.3. The molecule has 0 bridgehead atoms. The second kappa shape index (κ2) is 19.4. The van der Waals surface area contributed by atoms with Gasteiger partial charge in [-0.25, -0.2) is 14.8 Å². The summed E-state index contributed by atoms with van der Waals surface area (Å²) in [6.07, 6.45) is 10.3. The van der Waals surface area contributed by atoms with Crippen molar-refractivity contribution in [3.8, 4) is 0 Å². The summed E-state index contributed by atoms with van der Waals surface area (Å²) in [4.78, 5) is 33.0. The molecule has 66 heavy (non-hydrogen) atoms. The summed E-state index contributed by atoms with van der Waals surface area (Å²) in [5.74, 6) is 1.28. The highest BCUT2D eigenvalue weighted by molar-refractivity contribution is 7.90. The Kier molecular flexibility index (Phi) is 14.3. The molecule has 6 aromatic rings. The van der Waals surface area contributed by atoms with E-state index in [1.54, 1.807) is 31.2 Å². The van der Waals surface area contributed by atoms with E-state index in [-0.39, 0.29) is 37.7 Å². The molecule has 20 heteroatoms. The van der Waals surface area contributed by atoms with E-state index >= 15 is 0 Å². The number of hydrogen-bond donors (Lipinski definition) is 2. The van der Waals surface area contributed by atoms with Crippen molar-refractivity contribution in [2.24, 2.45) is 11.8 Å². The first kappa shape index (κ1) is 48.5. The highest BCUT2D eigenvalue weighted by Crippen LogP contribution is 2.34. The van der Waals surface area contributed by atoms with Gasteiger partial charge in [-0.05, 0) is 93.7 Å². The zero-order chi connectivity index (χ0) is 47.6. The van der Waals surface area contributed by atoms with Gasteiger partial charge in [-0.1, -0.05) is 41.5 Å². The topological polar surface area (TPSA) is 224 Å². The number of nitrogens with one attached hydrogen (secondary N) is 1. The van der Waals surface area contributed by atoms with Gasteiger partial charge in [0.1, 0.15) is 11.6 Å². The standard InChI is InChI=1S/C24H33N5O4S.C22H28N4O5S/c1-5-24(3,4)23-27-20-13-19(7-8-21(20)28(23)15-17-9-11-33-12-10-17)34(31,32)29-16-18(14-26-29)22(30)25-6-2;1-4-22(2,3)21-24-18-11-17(32(29,30)26-14-16(12-23-26)20(27)28)5-6-19(18)25(21)13-15-7-9-31-10-8-15/h7-8,13-14,16-17H,5-6,9-12,15H2,1-4H3,(H,25,30);5-6,11-12,14-15H,4,7-10,13H2,1-3H3,(H,27,28). The molecule has 0 unspecified atom stereocenters. The Bertz CT molecular complexity index is 2940. The van der Waals surface area contributed by atoms with Crippen LogP contribution in [0.3, 0.4) is 0 Å². The number of aromatic nitrogens is 8. The van der Waals surface area contributed by atoms with Crippen molar-refractivity contribution in [3.63, 3.8) is 0 Å². The normalized spacial score (nSPS) is 15.8. The van der Waals surface area contributed by atoms with E-state index in [9.17, 15) is 26.4 Å². The Labute approximate surface area is 385 Å². The van der Waals surface area contributed by atoms with E-state index in [1.807, 2.05) is 6.07 Å². The van der Waals surface area contributed by atoms with Crippen LogP contribution in [0.5, 0.6) is 0 Å². The maximum atomic E-state index is 13.3. The molecule has 18 nitrogen and oxygen atoms in total. The predicted molar refractivity (Wildman–Crippen MR) is 248 cm³/mol. The molecule has 4 aromatic heterocycles. The fraction of sp³-hybridized carbons (Fsp3) is 0.522. The lowest BCUT2D eigenvalue weighted by atomic mass is 9.89. The van der Waals surface area contributed by atoms with E-state index < -0.39 is 26.0 Å². The summed E-state index contributed by atoms with van der Waals surface area (Å²) in [7, 11) is -8.01. The molecule has 2 aliphatic heterocycles. The number of ether oxygens (including phenoxy) is 2. The van der Waals surface area contributed by atoms with Gasteiger partial charge >= 0.3 is 5.97 Å². The fourth-order valence-corrected chi connectivity index (χ4v) is 10.5. The molecular weight excluding hydrogens is 887 g/mol. The van der Waals surface area contributed by atoms with Crippen molar-refractivity contribution in [1.82, 2.24) is 42.8 Å². The zero-order valence-electron chi connectivity index (χ0n) is 38.7. The molecule has 0 spiro atoms. The fourth-order valence-electron chi connectivity index (χ4n) is 8.21. The van der Waals surface area contributed by atoms with Gasteiger partial charge in [0.25, 0.3) is 26.0 Å². The minimum atomic E-state index is -4.04. The van der Waals surface area contributed by atoms with Gasteiger partial charge in [-0.2, -0.15) is 35.2 Å². The highest BCUT2D eigenvalue weighted by atomic mass is 32.2. The van der Waals surface area contributed by atoms with Crippen LogP contribution in [0.25, 0.3) is 22.1 Å². The van der Waals surface area contributed by atoms with Crippen LogP contribution in [0.1, 0.15) is 119 Å². The van der Waals surface area contributed by atoms with Crippen LogP contribution in [0.2, 0.25) is 0 Å². The summed E-state index contributed by atoms with van der Waals surface area (Å²) < 4.78 is 69.6. The molecule has 0 radical (unpaired) electrons. The number of nitrogens with zero attached hydrogens (tertiary/aromatic N) is 8. The number of imidazole rings is 2. The van der Waals surface area contributed by atoms with Crippen molar-refractivity contribution in [2.45, 2.75) is 121 Å². The predicted octanol–water partition coefficient (Wildman–Crippen LogP) is 6.62. The van der Waals surface area contributed by atoms with Crippen LogP contribution in [0, 0.1) is 11.8 Å². The number of aromatic carboxylic acids is 1. The van der Waals surface area contributed by atoms with Gasteiger partial charge in [0.2, 0.25) is 0 Å². The SMILES string of the molecule is CCC(C)(C)c1nc2cc(S(=O)(=O)n3cc(C(=O)O)cn3)ccc2n1CC1CCOCC1.CCNC(=O)c1cnn(S(=O)(=O)c2ccc3c(c2)nc(C(C)(C)CC)n3CC2CCOCC2)c1. The zero-order valence-corrected chi connectivity index (χ0v) is 40.4. The smallest absolute Gasteiger partial charge is 0.338 e. The maximum Gasteiger partial charge on any atom is 0.338 e. The van der Waals surface area contributed by atoms with Crippen molar-refractivity contribution >= 4 is 54.0 Å². The van der Waals surface area contributed by atoms with Gasteiger partial charge in [0.15, 0.2) is 0 Å². The van der Waals surface area contributed by atoms with Crippen molar-refractivity contribution in [1.29, 1.82) is 0 Å². The number of carbonyl (C=O) groups is 2. The van der Waals surface area contributed by atoms with Crippen LogP contribution in [-0.4, -0.2) is 104 Å². The first-order valence-corrected chi connectivity index (χ1v) is 25.5. The van der Waals surface area contributed by atoms with Gasteiger partial charge < -0.3 is 29.0 Å². The molecule has 2 saturated heterocycles. The highest BCUT2D eigenvalue weighted by Gasteiger charge is 2.31. The number of rotatable bonds is 15. The lowest BCUT2D eigenvalue weighted by molar-refractivity contribution is 0.0609. The molecule has 0 saturated carbocycles. The molecule has 2 fully saturated rings. The van der Waals surface area contributed by atoms with E-state index in [4.69, 9.17) is 24.5 Å². The van der Waals surface area contributed by atoms with Crippen LogP contribution in [0.4, 0.5) is 0 Å². The second-order valence-electron chi connectivity index (χ2n) is 18.4. The quantitative estimate of drug-likeness (QED) is 0.111. The molecular formula is C46H61N9O9S2. The Morgan fingerprint density at radius 2 is 1.09 bits per heavy atom. The van der Waals surface area contributed by atoms with Gasteiger partial charge in [-0.15, -0.1) is 0 Å². The first-order valence-electron chi connectivity index (χ1n) is 22.6. The van der Waals surface area contributed by atoms with Crippen LogP contribution >= 0.6 is 0 Å². The van der Waals surface area contributed by atoms with Crippen LogP contribution in [0.15, 0.2) is 71.0 Å². The van der Waals surface area contributed by atoms with E-state index in [2.05, 4.69) is 66.2 Å². The molecule has 6 heterocycles. The molecule has 0 aliphatic carbocycles. The number of amides is 1. The van der Waals surface area contributed by atoms with Crippen molar-refractivity contribution in [2.75, 3.05) is 33.0 Å². The average molecular weight is 948 g/mol. The minimum Gasteiger partial charge on any atom is -0.478 e. The third kappa shape index (κ3) is 9.96. The number of benzene rings is 2. The summed E-state index contributed by atoms with van der Waals surface area (Å²) in [6, 6.07) is 9.89.